The Bertz CT molecular complexity index is 570. The van der Waals surface area contributed by atoms with Crippen LogP contribution in [-0.2, 0) is 13.0 Å². The molecule has 1 heterocycles. The van der Waals surface area contributed by atoms with Gasteiger partial charge in [-0.25, -0.2) is 0 Å². The normalized spacial score (nSPS) is 10.3. The van der Waals surface area contributed by atoms with Gasteiger partial charge in [0.25, 0.3) is 0 Å². The predicted molar refractivity (Wildman–Crippen MR) is 79.1 cm³/mol. The second-order valence-electron chi connectivity index (χ2n) is 4.58. The van der Waals surface area contributed by atoms with Crippen LogP contribution in [0.25, 0.3) is 0 Å². The zero-order valence-electron chi connectivity index (χ0n) is 11.9. The van der Waals surface area contributed by atoms with Crippen molar-refractivity contribution in [3.8, 4) is 11.5 Å². The molecule has 2 aromatic rings. The number of rotatable bonds is 6. The van der Waals surface area contributed by atoms with E-state index in [9.17, 15) is 0 Å². The molecule has 0 bridgehead atoms. The number of nitrogens with zero attached hydrogens (tertiary/aromatic N) is 1. The average Bonchev–Trinajstić information content (AvgIpc) is 2.47. The van der Waals surface area contributed by atoms with E-state index in [2.05, 4.69) is 4.98 Å². The fourth-order valence-electron chi connectivity index (χ4n) is 1.97. The van der Waals surface area contributed by atoms with E-state index in [1.165, 1.54) is 0 Å². The third-order valence-electron chi connectivity index (χ3n) is 3.14. The van der Waals surface area contributed by atoms with Crippen LogP contribution in [0.2, 0.25) is 0 Å². The monoisotopic (exact) mass is 272 g/mol. The summed E-state index contributed by atoms with van der Waals surface area (Å²) in [4.78, 5) is 4.32. The first kappa shape index (κ1) is 14.3. The summed E-state index contributed by atoms with van der Waals surface area (Å²) in [5.74, 6) is 1.45. The average molecular weight is 272 g/mol. The van der Waals surface area contributed by atoms with Crippen molar-refractivity contribution in [3.63, 3.8) is 0 Å². The quantitative estimate of drug-likeness (QED) is 0.877. The van der Waals surface area contributed by atoms with E-state index in [1.807, 2.05) is 37.3 Å². The lowest BCUT2D eigenvalue weighted by Gasteiger charge is -2.12. The fourth-order valence-corrected chi connectivity index (χ4v) is 1.97. The molecule has 0 fully saturated rings. The fraction of sp³-hybridized carbons (Fsp3) is 0.312. The van der Waals surface area contributed by atoms with Crippen LogP contribution >= 0.6 is 0 Å². The number of benzene rings is 1. The van der Waals surface area contributed by atoms with E-state index in [0.717, 1.165) is 34.7 Å². The largest absolute Gasteiger partial charge is 0.493 e. The van der Waals surface area contributed by atoms with Gasteiger partial charge in [-0.05, 0) is 49.2 Å². The molecule has 2 N–H and O–H groups in total. The number of hydrogen-bond acceptors (Lipinski definition) is 4. The Morgan fingerprint density at radius 1 is 1.20 bits per heavy atom. The van der Waals surface area contributed by atoms with Crippen LogP contribution in [0.3, 0.4) is 0 Å². The maximum Gasteiger partial charge on any atom is 0.162 e. The molecular formula is C16H20N2O2. The van der Waals surface area contributed by atoms with Crippen molar-refractivity contribution in [3.05, 3.63) is 53.3 Å². The van der Waals surface area contributed by atoms with Gasteiger partial charge in [0.2, 0.25) is 0 Å². The first-order chi connectivity index (χ1) is 9.74. The van der Waals surface area contributed by atoms with Crippen molar-refractivity contribution in [1.29, 1.82) is 0 Å². The van der Waals surface area contributed by atoms with Gasteiger partial charge < -0.3 is 15.2 Å². The maximum atomic E-state index is 5.85. The highest BCUT2D eigenvalue weighted by atomic mass is 16.5. The van der Waals surface area contributed by atoms with Crippen LogP contribution in [0.4, 0.5) is 0 Å². The van der Waals surface area contributed by atoms with E-state index in [1.54, 1.807) is 13.3 Å². The second kappa shape index (κ2) is 6.91. The van der Waals surface area contributed by atoms with Gasteiger partial charge >= 0.3 is 0 Å². The number of pyridine rings is 1. The molecular weight excluding hydrogens is 252 g/mol. The number of methoxy groups -OCH3 is 1. The van der Waals surface area contributed by atoms with Crippen molar-refractivity contribution in [1.82, 2.24) is 4.98 Å². The third kappa shape index (κ3) is 3.48. The Morgan fingerprint density at radius 2 is 2.05 bits per heavy atom. The van der Waals surface area contributed by atoms with Crippen LogP contribution in [0, 0.1) is 6.92 Å². The molecule has 0 saturated heterocycles. The summed E-state index contributed by atoms with van der Waals surface area (Å²) in [7, 11) is 1.64. The first-order valence-electron chi connectivity index (χ1n) is 6.65. The lowest BCUT2D eigenvalue weighted by Crippen LogP contribution is -2.05. The molecule has 0 amide bonds. The summed E-state index contributed by atoms with van der Waals surface area (Å²) in [6.07, 6.45) is 2.59. The molecule has 4 heteroatoms. The topological polar surface area (TPSA) is 57.4 Å². The van der Waals surface area contributed by atoms with Gasteiger partial charge in [-0.2, -0.15) is 0 Å². The molecule has 1 aromatic carbocycles. The van der Waals surface area contributed by atoms with E-state index >= 15 is 0 Å². The Labute approximate surface area is 119 Å². The minimum Gasteiger partial charge on any atom is -0.493 e. The summed E-state index contributed by atoms with van der Waals surface area (Å²) in [5, 5.41) is 0. The van der Waals surface area contributed by atoms with Gasteiger partial charge in [-0.1, -0.05) is 12.1 Å². The molecule has 0 aliphatic rings. The van der Waals surface area contributed by atoms with Crippen molar-refractivity contribution < 1.29 is 9.47 Å². The molecule has 0 aliphatic carbocycles. The van der Waals surface area contributed by atoms with E-state index in [4.69, 9.17) is 15.2 Å². The maximum absolute atomic E-state index is 5.85. The van der Waals surface area contributed by atoms with E-state index in [-0.39, 0.29) is 0 Å². The highest BCUT2D eigenvalue weighted by Gasteiger charge is 2.07. The lowest BCUT2D eigenvalue weighted by molar-refractivity contribution is 0.279. The standard InChI is InChI=1S/C16H20N2O2/c1-12-4-3-9-18-14(12)11-20-16-10-13(7-8-17)5-6-15(16)19-2/h3-6,9-10H,7-8,11,17H2,1-2H3. The molecule has 0 unspecified atom stereocenters. The number of aryl methyl sites for hydroxylation is 1. The highest BCUT2D eigenvalue weighted by molar-refractivity contribution is 5.43. The Morgan fingerprint density at radius 3 is 2.75 bits per heavy atom. The molecule has 2 rings (SSSR count). The van der Waals surface area contributed by atoms with Gasteiger partial charge in [0.1, 0.15) is 6.61 Å². The zero-order valence-corrected chi connectivity index (χ0v) is 11.9. The SMILES string of the molecule is COc1ccc(CCN)cc1OCc1ncccc1C. The highest BCUT2D eigenvalue weighted by Crippen LogP contribution is 2.29. The van der Waals surface area contributed by atoms with Crippen molar-refractivity contribution in [2.24, 2.45) is 5.73 Å². The molecule has 1 aromatic heterocycles. The van der Waals surface area contributed by atoms with Gasteiger partial charge in [-0.15, -0.1) is 0 Å². The number of hydrogen-bond donors (Lipinski definition) is 1. The number of aromatic nitrogens is 1. The minimum absolute atomic E-state index is 0.426. The van der Waals surface area contributed by atoms with Crippen molar-refractivity contribution in [2.75, 3.05) is 13.7 Å². The van der Waals surface area contributed by atoms with E-state index in [0.29, 0.717) is 13.2 Å². The number of nitrogens with two attached hydrogens (primary N) is 1. The lowest BCUT2D eigenvalue weighted by atomic mass is 10.1. The minimum atomic E-state index is 0.426. The van der Waals surface area contributed by atoms with Crippen molar-refractivity contribution in [2.45, 2.75) is 20.0 Å². The predicted octanol–water partition coefficient (Wildman–Crippen LogP) is 2.48. The van der Waals surface area contributed by atoms with Gasteiger partial charge in [-0.3, -0.25) is 4.98 Å². The van der Waals surface area contributed by atoms with Crippen LogP contribution in [-0.4, -0.2) is 18.6 Å². The molecule has 0 radical (unpaired) electrons. The summed E-state index contributed by atoms with van der Waals surface area (Å²) < 4.78 is 11.2. The van der Waals surface area contributed by atoms with Gasteiger partial charge in [0.05, 0.1) is 12.8 Å². The molecule has 4 nitrogen and oxygen atoms in total. The Hall–Kier alpha value is -2.07. The van der Waals surface area contributed by atoms with Crippen LogP contribution < -0.4 is 15.2 Å². The smallest absolute Gasteiger partial charge is 0.162 e. The Kier molecular flexibility index (Phi) is 4.96. The van der Waals surface area contributed by atoms with Crippen molar-refractivity contribution >= 4 is 0 Å². The molecule has 0 saturated carbocycles. The van der Waals surface area contributed by atoms with Gasteiger partial charge in [0.15, 0.2) is 11.5 Å². The first-order valence-corrected chi connectivity index (χ1v) is 6.65. The zero-order chi connectivity index (χ0) is 14.4. The molecule has 20 heavy (non-hydrogen) atoms. The third-order valence-corrected chi connectivity index (χ3v) is 3.14. The number of ether oxygens (including phenoxy) is 2. The second-order valence-corrected chi connectivity index (χ2v) is 4.58. The summed E-state index contributed by atoms with van der Waals surface area (Å²) in [6, 6.07) is 9.83. The van der Waals surface area contributed by atoms with Crippen LogP contribution in [0.5, 0.6) is 11.5 Å². The summed E-state index contributed by atoms with van der Waals surface area (Å²) >= 11 is 0. The summed E-state index contributed by atoms with van der Waals surface area (Å²) in [5.41, 5.74) is 8.77. The van der Waals surface area contributed by atoms with Crippen LogP contribution in [0.15, 0.2) is 36.5 Å². The van der Waals surface area contributed by atoms with Crippen LogP contribution in [0.1, 0.15) is 16.8 Å². The Balaban J connectivity index is 2.15. The van der Waals surface area contributed by atoms with Gasteiger partial charge in [0, 0.05) is 6.20 Å². The molecule has 0 aliphatic heterocycles. The summed E-state index contributed by atoms with van der Waals surface area (Å²) in [6.45, 7) is 3.06. The van der Waals surface area contributed by atoms with E-state index < -0.39 is 0 Å². The molecule has 0 spiro atoms. The molecule has 0 atom stereocenters. The molecule has 106 valence electrons.